The number of methoxy groups -OCH3 is 1. The van der Waals surface area contributed by atoms with Crippen molar-refractivity contribution >= 4 is 15.8 Å². The number of hydrogen-bond donors (Lipinski definition) is 2. The number of aromatic nitrogens is 1. The van der Waals surface area contributed by atoms with E-state index in [0.29, 0.717) is 6.04 Å². The minimum absolute atomic E-state index is 0.0666. The number of benzene rings is 1. The van der Waals surface area contributed by atoms with E-state index in [0.717, 1.165) is 30.3 Å². The van der Waals surface area contributed by atoms with E-state index in [1.807, 2.05) is 13.1 Å². The molecule has 26 heavy (non-hydrogen) atoms. The van der Waals surface area contributed by atoms with E-state index in [4.69, 9.17) is 9.29 Å². The third-order valence-electron chi connectivity index (χ3n) is 4.72. The molecule has 4 rings (SSSR count). The molecule has 2 atom stereocenters. The molecule has 2 saturated heterocycles. The smallest absolute Gasteiger partial charge is 0.294 e. The zero-order valence-electron chi connectivity index (χ0n) is 14.8. The second-order valence-corrected chi connectivity index (χ2v) is 7.93. The van der Waals surface area contributed by atoms with Crippen LogP contribution in [-0.4, -0.2) is 50.7 Å². The molecule has 2 N–H and O–H groups in total. The Kier molecular flexibility index (Phi) is 5.45. The summed E-state index contributed by atoms with van der Waals surface area (Å²) < 4.78 is 34.7. The third kappa shape index (κ3) is 4.14. The zero-order chi connectivity index (χ0) is 18.7. The SMILES string of the molecule is COc1cncc(N2C[C@H]3CNC[C@H]32)c1.Cc1ccc(S(=O)(=O)O)cc1. The van der Waals surface area contributed by atoms with Crippen molar-refractivity contribution in [1.82, 2.24) is 10.3 Å². The molecular weight excluding hydrogens is 354 g/mol. The number of hydrogen-bond acceptors (Lipinski definition) is 6. The van der Waals surface area contributed by atoms with Crippen molar-refractivity contribution in [1.29, 1.82) is 0 Å². The minimum Gasteiger partial charge on any atom is -0.495 e. The number of rotatable bonds is 3. The monoisotopic (exact) mass is 377 g/mol. The molecule has 2 aromatic rings. The topological polar surface area (TPSA) is 91.8 Å². The Morgan fingerprint density at radius 1 is 1.23 bits per heavy atom. The Morgan fingerprint density at radius 2 is 1.96 bits per heavy atom. The summed E-state index contributed by atoms with van der Waals surface area (Å²) in [5, 5.41) is 3.42. The summed E-state index contributed by atoms with van der Waals surface area (Å²) in [5.41, 5.74) is 2.14. The molecule has 3 heterocycles. The molecule has 1 aromatic carbocycles. The maximum absolute atomic E-state index is 10.5. The molecular formula is C18H23N3O4S. The lowest BCUT2D eigenvalue weighted by molar-refractivity contribution is 0.363. The molecule has 0 amide bonds. The highest BCUT2D eigenvalue weighted by Crippen LogP contribution is 2.33. The highest BCUT2D eigenvalue weighted by Gasteiger charge is 2.42. The summed E-state index contributed by atoms with van der Waals surface area (Å²) in [6.07, 6.45) is 3.66. The van der Waals surface area contributed by atoms with Crippen LogP contribution in [0.25, 0.3) is 0 Å². The fourth-order valence-electron chi connectivity index (χ4n) is 3.20. The summed E-state index contributed by atoms with van der Waals surface area (Å²) in [7, 11) is -2.34. The molecule has 2 fully saturated rings. The fourth-order valence-corrected chi connectivity index (χ4v) is 3.68. The summed E-state index contributed by atoms with van der Waals surface area (Å²) in [5.74, 6) is 1.66. The van der Waals surface area contributed by atoms with Crippen LogP contribution < -0.4 is 15.0 Å². The predicted molar refractivity (Wildman–Crippen MR) is 99.3 cm³/mol. The normalized spacial score (nSPS) is 21.3. The van der Waals surface area contributed by atoms with Gasteiger partial charge in [-0.25, -0.2) is 0 Å². The number of pyridine rings is 1. The van der Waals surface area contributed by atoms with Crippen LogP contribution in [0, 0.1) is 12.8 Å². The summed E-state index contributed by atoms with van der Waals surface area (Å²) >= 11 is 0. The van der Waals surface area contributed by atoms with Gasteiger partial charge in [0.2, 0.25) is 0 Å². The van der Waals surface area contributed by atoms with E-state index in [9.17, 15) is 8.42 Å². The van der Waals surface area contributed by atoms with Gasteiger partial charge in [0.15, 0.2) is 0 Å². The number of ether oxygens (including phenoxy) is 1. The molecule has 1 aromatic heterocycles. The van der Waals surface area contributed by atoms with Crippen LogP contribution in [0.2, 0.25) is 0 Å². The molecule has 2 aliphatic heterocycles. The van der Waals surface area contributed by atoms with E-state index < -0.39 is 10.1 Å². The highest BCUT2D eigenvalue weighted by molar-refractivity contribution is 7.85. The average molecular weight is 377 g/mol. The van der Waals surface area contributed by atoms with Crippen LogP contribution in [0.4, 0.5) is 5.69 Å². The van der Waals surface area contributed by atoms with E-state index in [1.165, 1.54) is 24.4 Å². The summed E-state index contributed by atoms with van der Waals surface area (Å²) in [6, 6.07) is 8.71. The van der Waals surface area contributed by atoms with Gasteiger partial charge in [0, 0.05) is 37.7 Å². The van der Waals surface area contributed by atoms with Crippen LogP contribution >= 0.6 is 0 Å². The molecule has 7 nitrogen and oxygen atoms in total. The lowest BCUT2D eigenvalue weighted by atomic mass is 9.91. The first-order chi connectivity index (χ1) is 12.4. The van der Waals surface area contributed by atoms with E-state index >= 15 is 0 Å². The first-order valence-corrected chi connectivity index (χ1v) is 9.83. The molecule has 0 radical (unpaired) electrons. The van der Waals surface area contributed by atoms with Gasteiger partial charge in [0.1, 0.15) is 5.75 Å². The first kappa shape index (κ1) is 18.6. The van der Waals surface area contributed by atoms with Gasteiger partial charge in [-0.1, -0.05) is 17.7 Å². The maximum Gasteiger partial charge on any atom is 0.294 e. The van der Waals surface area contributed by atoms with Gasteiger partial charge < -0.3 is 15.0 Å². The lowest BCUT2D eigenvalue weighted by Crippen LogP contribution is -2.55. The van der Waals surface area contributed by atoms with E-state index in [1.54, 1.807) is 25.4 Å². The van der Waals surface area contributed by atoms with Gasteiger partial charge in [-0.2, -0.15) is 8.42 Å². The molecule has 0 aliphatic carbocycles. The number of fused-ring (bicyclic) bond motifs is 1. The molecule has 140 valence electrons. The summed E-state index contributed by atoms with van der Waals surface area (Å²) in [6.45, 7) is 5.25. The van der Waals surface area contributed by atoms with Crippen molar-refractivity contribution in [2.24, 2.45) is 5.92 Å². The number of nitrogens with zero attached hydrogens (tertiary/aromatic N) is 2. The molecule has 0 saturated carbocycles. The summed E-state index contributed by atoms with van der Waals surface area (Å²) in [4.78, 5) is 6.52. The van der Waals surface area contributed by atoms with Crippen molar-refractivity contribution in [2.75, 3.05) is 31.6 Å². The highest BCUT2D eigenvalue weighted by atomic mass is 32.2. The van der Waals surface area contributed by atoms with Crippen molar-refractivity contribution in [3.63, 3.8) is 0 Å². The van der Waals surface area contributed by atoms with E-state index in [-0.39, 0.29) is 4.90 Å². The largest absolute Gasteiger partial charge is 0.495 e. The molecule has 2 aliphatic rings. The van der Waals surface area contributed by atoms with Gasteiger partial charge in [-0.05, 0) is 19.1 Å². The van der Waals surface area contributed by atoms with Crippen molar-refractivity contribution in [3.05, 3.63) is 48.3 Å². The fraction of sp³-hybridized carbons (Fsp3) is 0.389. The van der Waals surface area contributed by atoms with Crippen LogP contribution in [0.1, 0.15) is 5.56 Å². The van der Waals surface area contributed by atoms with E-state index in [2.05, 4.69) is 21.3 Å². The molecule has 8 heteroatoms. The minimum atomic E-state index is -4.02. The van der Waals surface area contributed by atoms with Crippen LogP contribution in [0.15, 0.2) is 47.6 Å². The number of anilines is 1. The Hall–Kier alpha value is -2.16. The van der Waals surface area contributed by atoms with Crippen molar-refractivity contribution < 1.29 is 17.7 Å². The van der Waals surface area contributed by atoms with Gasteiger partial charge in [0.05, 0.1) is 30.1 Å². The van der Waals surface area contributed by atoms with Crippen LogP contribution in [-0.2, 0) is 10.1 Å². The zero-order valence-corrected chi connectivity index (χ0v) is 15.6. The van der Waals surface area contributed by atoms with Gasteiger partial charge in [0.25, 0.3) is 10.1 Å². The molecule has 0 bridgehead atoms. The number of nitrogens with one attached hydrogen (secondary N) is 1. The van der Waals surface area contributed by atoms with Crippen LogP contribution in [0.5, 0.6) is 5.75 Å². The van der Waals surface area contributed by atoms with Crippen molar-refractivity contribution in [3.8, 4) is 5.75 Å². The Balaban J connectivity index is 0.000000160. The average Bonchev–Trinajstić information content (AvgIpc) is 2.96. The van der Waals surface area contributed by atoms with Crippen molar-refractivity contribution in [2.45, 2.75) is 17.9 Å². The van der Waals surface area contributed by atoms with Crippen LogP contribution in [0.3, 0.4) is 0 Å². The quantitative estimate of drug-likeness (QED) is 0.787. The Labute approximate surface area is 153 Å². The second-order valence-electron chi connectivity index (χ2n) is 6.51. The lowest BCUT2D eigenvalue weighted by Gasteiger charge is -2.45. The maximum atomic E-state index is 10.5. The Morgan fingerprint density at radius 3 is 2.58 bits per heavy atom. The molecule has 0 unspecified atom stereocenters. The predicted octanol–water partition coefficient (Wildman–Crippen LogP) is 1.74. The third-order valence-corrected chi connectivity index (χ3v) is 5.59. The number of aryl methyl sites for hydroxylation is 1. The van der Waals surface area contributed by atoms with Gasteiger partial charge in [-0.3, -0.25) is 9.54 Å². The molecule has 0 spiro atoms. The Bertz CT molecular complexity index is 855. The second kappa shape index (κ2) is 7.61. The first-order valence-electron chi connectivity index (χ1n) is 8.39. The standard InChI is InChI=1S/C11H15N3O.C7H8O3S/c1-15-10-2-9(4-13-5-10)14-7-8-3-12-6-11(8)14;1-6-2-4-7(5-3-6)11(8,9)10/h2,4-5,8,11-12H,3,6-7H2,1H3;2-5H,1H3,(H,8,9,10)/t8-,11-;/m1./s1. The van der Waals surface area contributed by atoms with Gasteiger partial charge >= 0.3 is 0 Å². The van der Waals surface area contributed by atoms with Gasteiger partial charge in [-0.15, -0.1) is 0 Å².